The number of rotatable bonds is 69. The number of aliphatic carboxylic acids is 1. The number of hydrogen-bond acceptors (Lipinski definition) is 8. The normalized spacial score (nSPS) is 14.1. The van der Waals surface area contributed by atoms with E-state index in [9.17, 15) is 19.5 Å². The Kier molecular flexibility index (Phi) is 74.5. The Morgan fingerprint density at radius 1 is 0.291 bits per heavy atom. The van der Waals surface area contributed by atoms with Gasteiger partial charge in [0, 0.05) is 12.8 Å². The lowest BCUT2D eigenvalue weighted by Gasteiger charge is -2.26. The molecule has 103 heavy (non-hydrogen) atoms. The second-order valence-corrected chi connectivity index (χ2v) is 26.2. The highest BCUT2D eigenvalue weighted by molar-refractivity contribution is 5.70. The molecule has 0 aromatic rings. The molecule has 9 nitrogen and oxygen atoms in total. The van der Waals surface area contributed by atoms with Gasteiger partial charge >= 0.3 is 11.9 Å². The van der Waals surface area contributed by atoms with Gasteiger partial charge in [-0.25, -0.2) is 0 Å². The molecule has 0 saturated carbocycles. The molecule has 0 aromatic heterocycles. The number of allylic oxidation sites excluding steroid dienone is 44. The molecular formula is C94H141NO8. The van der Waals surface area contributed by atoms with Gasteiger partial charge in [-0.15, -0.1) is 0 Å². The van der Waals surface area contributed by atoms with Crippen LogP contribution in [-0.4, -0.2) is 82.3 Å². The fourth-order valence-electron chi connectivity index (χ4n) is 9.54. The third-order valence-corrected chi connectivity index (χ3v) is 15.5. The maximum absolute atomic E-state index is 13.0. The summed E-state index contributed by atoms with van der Waals surface area (Å²) in [4.78, 5) is 37.6. The van der Waals surface area contributed by atoms with Crippen LogP contribution in [0.4, 0.5) is 0 Å². The van der Waals surface area contributed by atoms with Crippen LogP contribution in [0.1, 0.15) is 245 Å². The maximum atomic E-state index is 13.0. The van der Waals surface area contributed by atoms with Gasteiger partial charge in [-0.05, 0) is 180 Å². The van der Waals surface area contributed by atoms with Gasteiger partial charge in [-0.1, -0.05) is 320 Å². The average molecular weight is 1410 g/mol. The minimum Gasteiger partial charge on any atom is -0.545 e. The van der Waals surface area contributed by atoms with E-state index in [0.29, 0.717) is 23.9 Å². The van der Waals surface area contributed by atoms with Crippen molar-refractivity contribution in [3.63, 3.8) is 0 Å². The van der Waals surface area contributed by atoms with E-state index in [0.717, 1.165) is 205 Å². The topological polar surface area (TPSA) is 111 Å². The molecule has 0 N–H and O–H groups in total. The Morgan fingerprint density at radius 2 is 0.524 bits per heavy atom. The molecule has 9 heteroatoms. The number of carboxylic acids is 1. The highest BCUT2D eigenvalue weighted by Crippen LogP contribution is 2.13. The van der Waals surface area contributed by atoms with Crippen LogP contribution in [0.5, 0.6) is 0 Å². The molecule has 0 spiro atoms. The largest absolute Gasteiger partial charge is 0.545 e. The minimum atomic E-state index is -1.65. The van der Waals surface area contributed by atoms with Crippen LogP contribution >= 0.6 is 0 Å². The molecule has 2 atom stereocenters. The number of hydrogen-bond donors (Lipinski definition) is 0. The summed E-state index contributed by atoms with van der Waals surface area (Å²) in [5.74, 6) is -2.37. The SMILES string of the molecule is CC/C=C\C/C=C\C/C=C\C/C=C\C/C=C\C/C=C\C/C=C\C/C=C\C/C=C\C/C=C\C/C=C\C/C=C\CCCCCCC(=O)OC(COC(=O)CCCCCCCC/C=C\C/C=C\C/C=C\C/C=C\C/C=C\C/C=C\C/C=C\C/C=C\C/C=C\C/C=C\CC)COC(OCC[N+](C)(C)C)C(=O)[O-]. The second-order valence-electron chi connectivity index (χ2n) is 26.2. The first-order valence-electron chi connectivity index (χ1n) is 39.5. The van der Waals surface area contributed by atoms with E-state index in [-0.39, 0.29) is 32.7 Å². The van der Waals surface area contributed by atoms with Crippen LogP contribution < -0.4 is 5.11 Å². The molecule has 0 rings (SSSR count). The molecule has 0 saturated heterocycles. The lowest BCUT2D eigenvalue weighted by molar-refractivity contribution is -0.870. The summed E-state index contributed by atoms with van der Waals surface area (Å²) in [5.41, 5.74) is 0. The van der Waals surface area contributed by atoms with Crippen molar-refractivity contribution in [3.05, 3.63) is 267 Å². The molecular weight excluding hydrogens is 1270 g/mol. The number of quaternary nitrogens is 1. The molecule has 0 radical (unpaired) electrons. The van der Waals surface area contributed by atoms with Crippen molar-refractivity contribution in [2.45, 2.75) is 257 Å². The van der Waals surface area contributed by atoms with Gasteiger partial charge in [0.25, 0.3) is 0 Å². The van der Waals surface area contributed by atoms with Gasteiger partial charge in [0.1, 0.15) is 13.2 Å². The van der Waals surface area contributed by atoms with E-state index in [1.165, 1.54) is 0 Å². The summed E-state index contributed by atoms with van der Waals surface area (Å²) in [6.07, 6.45) is 129. The molecule has 0 aliphatic carbocycles. The number of ether oxygens (including phenoxy) is 4. The van der Waals surface area contributed by atoms with E-state index in [4.69, 9.17) is 18.9 Å². The minimum absolute atomic E-state index is 0.124. The van der Waals surface area contributed by atoms with Crippen molar-refractivity contribution in [1.82, 2.24) is 0 Å². The summed E-state index contributed by atoms with van der Waals surface area (Å²) >= 11 is 0. The Bertz CT molecular complexity index is 2710. The molecule has 0 aromatic carbocycles. The molecule has 2 unspecified atom stereocenters. The monoisotopic (exact) mass is 1410 g/mol. The number of esters is 2. The van der Waals surface area contributed by atoms with Gasteiger partial charge in [0.2, 0.25) is 0 Å². The van der Waals surface area contributed by atoms with Gasteiger partial charge in [-0.3, -0.25) is 9.59 Å². The fraction of sp³-hybridized carbons (Fsp3) is 0.500. The van der Waals surface area contributed by atoms with E-state index >= 15 is 0 Å². The lowest BCUT2D eigenvalue weighted by atomic mass is 10.1. The number of nitrogens with zero attached hydrogens (tertiary/aromatic N) is 1. The molecule has 0 bridgehead atoms. The summed E-state index contributed by atoms with van der Waals surface area (Å²) < 4.78 is 22.8. The Balaban J connectivity index is 4.27. The second kappa shape index (κ2) is 80.3. The van der Waals surface area contributed by atoms with Crippen LogP contribution in [0.2, 0.25) is 0 Å². The first-order valence-corrected chi connectivity index (χ1v) is 39.5. The first-order chi connectivity index (χ1) is 50.6. The van der Waals surface area contributed by atoms with Crippen molar-refractivity contribution in [3.8, 4) is 0 Å². The van der Waals surface area contributed by atoms with Crippen molar-refractivity contribution >= 4 is 17.9 Å². The molecule has 0 heterocycles. The van der Waals surface area contributed by atoms with Crippen molar-refractivity contribution in [1.29, 1.82) is 0 Å². The first kappa shape index (κ1) is 95.6. The standard InChI is InChI=1S/C94H141NO8/c1-6-8-10-12-14-16-18-20-22-24-26-28-30-32-34-36-38-40-42-44-45-46-47-49-51-53-55-57-59-61-63-65-67-69-71-73-75-77-79-81-83-85-92(97)103-90(89-102-94(93(98)99)100-87-86-95(3,4)5)88-101-91(96)84-82-80-78-76-74-72-70-68-66-64-62-60-58-56-54-52-50-48-43-41-39-37-35-33-31-29-27-25-23-21-19-17-15-13-11-9-7-2/h8-11,14-17,20-23,26-29,32-35,38-41,44-45,47-50,53-56,59-62,65-68,71,73,90,94H,6-7,12-13,18-19,24-25,30-31,36-37,42-43,46,51-52,57-58,63-64,69-70,72,74-89H2,1-5H3/b10-8-,11-9-,16-14-,17-15-,22-20-,23-21-,28-26-,29-27-,34-32-,35-33-,40-38-,41-39-,45-44-,49-47-,50-48-,55-53-,56-54-,61-59-,62-60-,67-65-,68-66-,73-71-. The van der Waals surface area contributed by atoms with E-state index in [2.05, 4.69) is 281 Å². The zero-order valence-electron chi connectivity index (χ0n) is 65.1. The Labute approximate surface area is 629 Å². The lowest BCUT2D eigenvalue weighted by Crippen LogP contribution is -2.44. The summed E-state index contributed by atoms with van der Waals surface area (Å²) in [7, 11) is 5.90. The zero-order valence-corrected chi connectivity index (χ0v) is 65.1. The molecule has 0 aliphatic heterocycles. The highest BCUT2D eigenvalue weighted by Gasteiger charge is 2.22. The van der Waals surface area contributed by atoms with E-state index < -0.39 is 30.3 Å². The molecule has 0 fully saturated rings. The number of likely N-dealkylation sites (N-methyl/N-ethyl adjacent to an activating group) is 1. The number of carbonyl (C=O) groups is 3. The average Bonchev–Trinajstić information content (AvgIpc) is 1.01. The third-order valence-electron chi connectivity index (χ3n) is 15.5. The molecule has 0 aliphatic rings. The van der Waals surface area contributed by atoms with Gasteiger partial charge in [0.05, 0.1) is 40.3 Å². The third kappa shape index (κ3) is 81.7. The Morgan fingerprint density at radius 3 is 0.777 bits per heavy atom. The van der Waals surface area contributed by atoms with Gasteiger partial charge in [-0.2, -0.15) is 0 Å². The van der Waals surface area contributed by atoms with Gasteiger partial charge in [0.15, 0.2) is 12.4 Å². The van der Waals surface area contributed by atoms with Crippen LogP contribution in [-0.2, 0) is 33.3 Å². The molecule has 0 amide bonds. The van der Waals surface area contributed by atoms with Crippen molar-refractivity contribution < 1.29 is 42.9 Å². The fourth-order valence-corrected chi connectivity index (χ4v) is 9.54. The summed E-state index contributed by atoms with van der Waals surface area (Å²) in [5, 5.41) is 11.9. The summed E-state index contributed by atoms with van der Waals surface area (Å²) in [6.45, 7) is 4.43. The maximum Gasteiger partial charge on any atom is 0.306 e. The number of carbonyl (C=O) groups excluding carboxylic acids is 3. The molecule has 570 valence electrons. The smallest absolute Gasteiger partial charge is 0.306 e. The number of unbranched alkanes of at least 4 members (excludes halogenated alkanes) is 10. The van der Waals surface area contributed by atoms with Crippen LogP contribution in [0, 0.1) is 0 Å². The zero-order chi connectivity index (χ0) is 74.6. The van der Waals surface area contributed by atoms with Crippen molar-refractivity contribution in [2.75, 3.05) is 47.5 Å². The van der Waals surface area contributed by atoms with Crippen LogP contribution in [0.3, 0.4) is 0 Å². The quantitative estimate of drug-likeness (QED) is 0.0195. The number of carboxylic acid groups (broad SMARTS) is 1. The highest BCUT2D eigenvalue weighted by atomic mass is 16.7. The summed E-state index contributed by atoms with van der Waals surface area (Å²) in [6, 6.07) is 0. The van der Waals surface area contributed by atoms with Gasteiger partial charge < -0.3 is 33.3 Å². The van der Waals surface area contributed by atoms with Crippen LogP contribution in [0.15, 0.2) is 267 Å². The van der Waals surface area contributed by atoms with E-state index in [1.54, 1.807) is 0 Å². The predicted octanol–water partition coefficient (Wildman–Crippen LogP) is 24.6. The van der Waals surface area contributed by atoms with E-state index in [1.807, 2.05) is 21.1 Å². The van der Waals surface area contributed by atoms with Crippen LogP contribution in [0.25, 0.3) is 0 Å². The predicted molar refractivity (Wildman–Crippen MR) is 443 cm³/mol. The van der Waals surface area contributed by atoms with Crippen molar-refractivity contribution in [2.24, 2.45) is 0 Å². The Hall–Kier alpha value is -7.43.